The molecule has 1 N–H and O–H groups in total. The van der Waals surface area contributed by atoms with Crippen LogP contribution in [0, 0.1) is 0 Å². The standard InChI is InChI=1S/C20H34O2/c21-17-13-8-6-4-2-1-3-5-7-9-14-18-22-19-20-15-11-10-12-16-20/h10-12,15-16,21H,1-9,13-14,17-19H2. The first-order valence-electron chi connectivity index (χ1n) is 9.16. The summed E-state index contributed by atoms with van der Waals surface area (Å²) in [5, 5.41) is 8.69. The molecule has 0 fully saturated rings. The molecule has 0 saturated carbocycles. The fourth-order valence-electron chi connectivity index (χ4n) is 2.67. The van der Waals surface area contributed by atoms with Crippen LogP contribution < -0.4 is 0 Å². The van der Waals surface area contributed by atoms with Crippen LogP contribution in [0.25, 0.3) is 0 Å². The van der Waals surface area contributed by atoms with Gasteiger partial charge in [0.25, 0.3) is 0 Å². The van der Waals surface area contributed by atoms with Gasteiger partial charge in [-0.3, -0.25) is 0 Å². The summed E-state index contributed by atoms with van der Waals surface area (Å²) < 4.78 is 5.69. The van der Waals surface area contributed by atoms with Gasteiger partial charge in [-0.2, -0.15) is 0 Å². The molecule has 2 heteroatoms. The Kier molecular flexibility index (Phi) is 13.1. The molecule has 1 aromatic rings. The Bertz CT molecular complexity index is 324. The van der Waals surface area contributed by atoms with E-state index in [0.717, 1.165) is 19.6 Å². The van der Waals surface area contributed by atoms with E-state index in [1.54, 1.807) is 0 Å². The van der Waals surface area contributed by atoms with Gasteiger partial charge in [-0.15, -0.1) is 0 Å². The molecule has 0 radical (unpaired) electrons. The van der Waals surface area contributed by atoms with Crippen molar-refractivity contribution in [2.45, 2.75) is 77.2 Å². The van der Waals surface area contributed by atoms with Crippen LogP contribution in [0.2, 0.25) is 0 Å². The van der Waals surface area contributed by atoms with Gasteiger partial charge in [-0.25, -0.2) is 0 Å². The molecule has 0 aromatic heterocycles. The number of hydrogen-bond donors (Lipinski definition) is 1. The highest BCUT2D eigenvalue weighted by Gasteiger charge is 1.95. The van der Waals surface area contributed by atoms with E-state index in [2.05, 4.69) is 24.3 Å². The van der Waals surface area contributed by atoms with Gasteiger partial charge in [0.05, 0.1) is 6.61 Å². The smallest absolute Gasteiger partial charge is 0.0716 e. The summed E-state index contributed by atoms with van der Waals surface area (Å²) >= 11 is 0. The maximum atomic E-state index is 8.69. The van der Waals surface area contributed by atoms with E-state index >= 15 is 0 Å². The third kappa shape index (κ3) is 11.8. The molecule has 1 rings (SSSR count). The molecular formula is C20H34O2. The topological polar surface area (TPSA) is 29.5 Å². The van der Waals surface area contributed by atoms with Crippen molar-refractivity contribution in [2.24, 2.45) is 0 Å². The Morgan fingerprint density at radius 1 is 0.636 bits per heavy atom. The van der Waals surface area contributed by atoms with Crippen molar-refractivity contribution in [3.63, 3.8) is 0 Å². The van der Waals surface area contributed by atoms with Gasteiger partial charge in [0.2, 0.25) is 0 Å². The van der Waals surface area contributed by atoms with Crippen LogP contribution in [0.15, 0.2) is 30.3 Å². The van der Waals surface area contributed by atoms with Crippen LogP contribution in [-0.2, 0) is 11.3 Å². The zero-order valence-corrected chi connectivity index (χ0v) is 14.1. The van der Waals surface area contributed by atoms with Crippen molar-refractivity contribution >= 4 is 0 Å². The van der Waals surface area contributed by atoms with Crippen molar-refractivity contribution in [1.29, 1.82) is 0 Å². The second kappa shape index (κ2) is 15.1. The van der Waals surface area contributed by atoms with Crippen molar-refractivity contribution in [2.75, 3.05) is 13.2 Å². The second-order valence-electron chi connectivity index (χ2n) is 6.15. The molecule has 0 saturated heterocycles. The van der Waals surface area contributed by atoms with Gasteiger partial charge < -0.3 is 9.84 Å². The van der Waals surface area contributed by atoms with Crippen molar-refractivity contribution in [3.05, 3.63) is 35.9 Å². The van der Waals surface area contributed by atoms with Crippen molar-refractivity contribution < 1.29 is 9.84 Å². The molecule has 22 heavy (non-hydrogen) atoms. The summed E-state index contributed by atoms with van der Waals surface area (Å²) in [5.74, 6) is 0. The first-order valence-corrected chi connectivity index (χ1v) is 9.16. The maximum absolute atomic E-state index is 8.69. The molecule has 126 valence electrons. The average Bonchev–Trinajstić information content (AvgIpc) is 2.56. The molecule has 0 spiro atoms. The largest absolute Gasteiger partial charge is 0.396 e. The Morgan fingerprint density at radius 3 is 1.68 bits per heavy atom. The lowest BCUT2D eigenvalue weighted by Crippen LogP contribution is -1.95. The zero-order valence-electron chi connectivity index (χ0n) is 14.1. The highest BCUT2D eigenvalue weighted by molar-refractivity contribution is 5.13. The minimum atomic E-state index is 0.356. The van der Waals surface area contributed by atoms with Crippen LogP contribution in [0.3, 0.4) is 0 Å². The fraction of sp³-hybridized carbons (Fsp3) is 0.700. The minimum Gasteiger partial charge on any atom is -0.396 e. The number of rotatable bonds is 15. The quantitative estimate of drug-likeness (QED) is 0.434. The number of ether oxygens (including phenoxy) is 1. The molecule has 0 heterocycles. The molecule has 2 nitrogen and oxygen atoms in total. The first kappa shape index (κ1) is 19.2. The Labute approximate surface area is 136 Å². The lowest BCUT2D eigenvalue weighted by molar-refractivity contribution is 0.116. The number of aliphatic hydroxyl groups is 1. The predicted octanol–water partition coefficient (Wildman–Crippen LogP) is 5.49. The Morgan fingerprint density at radius 2 is 1.14 bits per heavy atom. The van der Waals surface area contributed by atoms with E-state index in [9.17, 15) is 0 Å². The van der Waals surface area contributed by atoms with E-state index in [-0.39, 0.29) is 0 Å². The first-order chi connectivity index (χ1) is 10.9. The number of unbranched alkanes of at least 4 members (excludes halogenated alkanes) is 10. The Hall–Kier alpha value is -0.860. The molecule has 0 aliphatic carbocycles. The van der Waals surface area contributed by atoms with Crippen LogP contribution >= 0.6 is 0 Å². The van der Waals surface area contributed by atoms with Gasteiger partial charge in [0, 0.05) is 13.2 Å². The SMILES string of the molecule is OCCCCCCCCCCCCCOCc1ccccc1. The summed E-state index contributed by atoms with van der Waals surface area (Å²) in [7, 11) is 0. The molecule has 0 atom stereocenters. The summed E-state index contributed by atoms with van der Waals surface area (Å²) in [4.78, 5) is 0. The molecule has 0 amide bonds. The average molecular weight is 306 g/mol. The summed E-state index contributed by atoms with van der Waals surface area (Å²) in [6.45, 7) is 1.99. The monoisotopic (exact) mass is 306 g/mol. The van der Waals surface area contributed by atoms with E-state index in [4.69, 9.17) is 9.84 Å². The van der Waals surface area contributed by atoms with Crippen LogP contribution in [0.1, 0.15) is 76.2 Å². The predicted molar refractivity (Wildman–Crippen MR) is 94.0 cm³/mol. The number of hydrogen-bond acceptors (Lipinski definition) is 2. The van der Waals surface area contributed by atoms with Gasteiger partial charge >= 0.3 is 0 Å². The van der Waals surface area contributed by atoms with Crippen molar-refractivity contribution in [1.82, 2.24) is 0 Å². The second-order valence-corrected chi connectivity index (χ2v) is 6.15. The third-order valence-corrected chi connectivity index (χ3v) is 4.06. The van der Waals surface area contributed by atoms with E-state index in [0.29, 0.717) is 6.61 Å². The summed E-state index contributed by atoms with van der Waals surface area (Å²) in [6.07, 6.45) is 14.1. The molecule has 0 bridgehead atoms. The molecule has 1 aromatic carbocycles. The van der Waals surface area contributed by atoms with Gasteiger partial charge in [0.1, 0.15) is 0 Å². The van der Waals surface area contributed by atoms with Gasteiger partial charge in [-0.05, 0) is 18.4 Å². The van der Waals surface area contributed by atoms with Gasteiger partial charge in [0.15, 0.2) is 0 Å². The van der Waals surface area contributed by atoms with E-state index < -0.39 is 0 Å². The van der Waals surface area contributed by atoms with Crippen LogP contribution in [0.4, 0.5) is 0 Å². The highest BCUT2D eigenvalue weighted by Crippen LogP contribution is 2.11. The van der Waals surface area contributed by atoms with Crippen LogP contribution in [0.5, 0.6) is 0 Å². The molecule has 0 aliphatic rings. The van der Waals surface area contributed by atoms with E-state index in [1.165, 1.54) is 69.8 Å². The summed E-state index contributed by atoms with van der Waals surface area (Å²) in [6, 6.07) is 10.4. The van der Waals surface area contributed by atoms with Crippen LogP contribution in [-0.4, -0.2) is 18.3 Å². The fourth-order valence-corrected chi connectivity index (χ4v) is 2.67. The van der Waals surface area contributed by atoms with Gasteiger partial charge in [-0.1, -0.05) is 88.1 Å². The maximum Gasteiger partial charge on any atom is 0.0716 e. The lowest BCUT2D eigenvalue weighted by Gasteiger charge is -2.05. The van der Waals surface area contributed by atoms with Crippen molar-refractivity contribution in [3.8, 4) is 0 Å². The summed E-state index contributed by atoms with van der Waals surface area (Å²) in [5.41, 5.74) is 1.27. The molecule has 0 aliphatic heterocycles. The zero-order chi connectivity index (χ0) is 15.7. The highest BCUT2D eigenvalue weighted by atomic mass is 16.5. The number of benzene rings is 1. The third-order valence-electron chi connectivity index (χ3n) is 4.06. The molecular weight excluding hydrogens is 272 g/mol. The number of aliphatic hydroxyl groups excluding tert-OH is 1. The normalized spacial score (nSPS) is 11.0. The van der Waals surface area contributed by atoms with E-state index in [1.807, 2.05) is 6.07 Å². The Balaban J connectivity index is 1.73. The molecule has 0 unspecified atom stereocenters. The minimum absolute atomic E-state index is 0.356. The lowest BCUT2D eigenvalue weighted by atomic mass is 10.1.